The Morgan fingerprint density at radius 2 is 1.59 bits per heavy atom. The molecule has 5 aliphatic rings. The zero-order chi connectivity index (χ0) is 24.9. The molecule has 0 amide bonds. The Balaban J connectivity index is 1.61. The molecule has 4 fully saturated rings. The van der Waals surface area contributed by atoms with E-state index in [2.05, 4.69) is 54.5 Å². The van der Waals surface area contributed by atoms with Gasteiger partial charge in [-0.3, -0.25) is 4.79 Å². The second kappa shape index (κ2) is 7.36. The predicted octanol–water partition coefficient (Wildman–Crippen LogP) is 7.32. The summed E-state index contributed by atoms with van der Waals surface area (Å²) in [6.45, 7) is 17.3. The normalized spacial score (nSPS) is 51.1. The van der Waals surface area contributed by atoms with Crippen LogP contribution in [0.2, 0.25) is 0 Å². The molecule has 0 aromatic carbocycles. The minimum Gasteiger partial charge on any atom is -0.469 e. The van der Waals surface area contributed by atoms with Crippen molar-refractivity contribution in [2.45, 2.75) is 119 Å². The highest BCUT2D eigenvalue weighted by atomic mass is 16.5. The first-order valence-corrected chi connectivity index (χ1v) is 14.1. The molecule has 5 rings (SSSR count). The minimum atomic E-state index is -0.330. The van der Waals surface area contributed by atoms with Gasteiger partial charge in [-0.2, -0.15) is 0 Å². The molecule has 3 unspecified atom stereocenters. The van der Waals surface area contributed by atoms with E-state index in [4.69, 9.17) is 4.74 Å². The van der Waals surface area contributed by atoms with Gasteiger partial charge in [0.1, 0.15) is 0 Å². The number of methoxy groups -OCH3 is 1. The van der Waals surface area contributed by atoms with E-state index < -0.39 is 0 Å². The molecule has 3 heteroatoms. The lowest BCUT2D eigenvalue weighted by Crippen LogP contribution is -2.64. The standard InChI is InChI=1S/C31H50O3/c1-26(2)13-15-31(25(33)34-8)16-14-29(6)21(22(31)19-26)9-10-24-28(5)18-20(32)17-27(3,4)23(28)11-12-30(24,29)7/h9,20,22-24,32H,10-19H2,1-8H3/t20-,22?,23?,24?,28+,29-,30-,31+/m1/s1. The Bertz CT molecular complexity index is 900. The van der Waals surface area contributed by atoms with Crippen molar-refractivity contribution >= 4 is 5.97 Å². The van der Waals surface area contributed by atoms with Crippen LogP contribution in [0.25, 0.3) is 0 Å². The molecule has 5 aliphatic carbocycles. The topological polar surface area (TPSA) is 46.5 Å². The Morgan fingerprint density at radius 1 is 0.912 bits per heavy atom. The van der Waals surface area contributed by atoms with Gasteiger partial charge in [0, 0.05) is 0 Å². The molecular weight excluding hydrogens is 420 g/mol. The maximum Gasteiger partial charge on any atom is 0.312 e. The Kier molecular flexibility index (Phi) is 5.38. The van der Waals surface area contributed by atoms with E-state index in [1.54, 1.807) is 12.7 Å². The molecule has 3 nitrogen and oxygen atoms in total. The number of rotatable bonds is 1. The van der Waals surface area contributed by atoms with Gasteiger partial charge < -0.3 is 9.84 Å². The third kappa shape index (κ3) is 3.07. The lowest BCUT2D eigenvalue weighted by molar-refractivity contribution is -0.201. The monoisotopic (exact) mass is 470 g/mol. The molecule has 192 valence electrons. The van der Waals surface area contributed by atoms with Gasteiger partial charge >= 0.3 is 5.97 Å². The van der Waals surface area contributed by atoms with E-state index in [1.165, 1.54) is 12.8 Å². The van der Waals surface area contributed by atoms with E-state index in [0.717, 1.165) is 51.4 Å². The summed E-state index contributed by atoms with van der Waals surface area (Å²) in [7, 11) is 1.59. The van der Waals surface area contributed by atoms with Crippen LogP contribution in [-0.2, 0) is 9.53 Å². The SMILES string of the molecule is COC(=O)[C@]12CCC(C)(C)CC1C1=CCC3[C@@]4(C)C[C@H](O)CC(C)(C)C4CC[C@@]3(C)[C@]1(C)CC2. The van der Waals surface area contributed by atoms with Crippen molar-refractivity contribution in [2.75, 3.05) is 7.11 Å². The molecule has 0 aromatic heterocycles. The average molecular weight is 471 g/mol. The number of aliphatic hydroxyl groups excluding tert-OH is 1. The predicted molar refractivity (Wildman–Crippen MR) is 137 cm³/mol. The lowest BCUT2D eigenvalue weighted by Gasteiger charge is -2.71. The molecule has 8 atom stereocenters. The maximum absolute atomic E-state index is 13.3. The summed E-state index contributed by atoms with van der Waals surface area (Å²) < 4.78 is 5.49. The molecular formula is C31H50O3. The first-order valence-electron chi connectivity index (χ1n) is 14.1. The number of carbonyl (C=O) groups excluding carboxylic acids is 1. The summed E-state index contributed by atoms with van der Waals surface area (Å²) in [5.74, 6) is 1.60. The zero-order valence-electron chi connectivity index (χ0n) is 23.2. The van der Waals surface area contributed by atoms with Crippen molar-refractivity contribution < 1.29 is 14.6 Å². The van der Waals surface area contributed by atoms with Gasteiger partial charge in [0.05, 0.1) is 18.6 Å². The quantitative estimate of drug-likeness (QED) is 0.322. The zero-order valence-corrected chi connectivity index (χ0v) is 23.2. The number of hydrogen-bond acceptors (Lipinski definition) is 3. The van der Waals surface area contributed by atoms with Crippen LogP contribution in [0, 0.1) is 50.2 Å². The summed E-state index contributed by atoms with van der Waals surface area (Å²) in [6.07, 6.45) is 13.2. The number of aliphatic hydroxyl groups is 1. The largest absolute Gasteiger partial charge is 0.469 e. The fourth-order valence-corrected chi connectivity index (χ4v) is 11.1. The molecule has 1 N–H and O–H groups in total. The highest BCUT2D eigenvalue weighted by Crippen LogP contribution is 2.75. The third-order valence-electron chi connectivity index (χ3n) is 12.9. The van der Waals surface area contributed by atoms with Crippen molar-refractivity contribution in [3.05, 3.63) is 11.6 Å². The highest BCUT2D eigenvalue weighted by molar-refractivity contribution is 5.78. The summed E-state index contributed by atoms with van der Waals surface area (Å²) in [5, 5.41) is 11.0. The fraction of sp³-hybridized carbons (Fsp3) is 0.903. The fourth-order valence-electron chi connectivity index (χ4n) is 11.1. The van der Waals surface area contributed by atoms with Crippen LogP contribution < -0.4 is 0 Å². The second-order valence-corrected chi connectivity index (χ2v) is 15.4. The first kappa shape index (κ1) is 24.8. The summed E-state index contributed by atoms with van der Waals surface area (Å²) in [6, 6.07) is 0. The Morgan fingerprint density at radius 3 is 2.26 bits per heavy atom. The Labute approximate surface area is 208 Å². The van der Waals surface area contributed by atoms with Crippen LogP contribution in [0.15, 0.2) is 11.6 Å². The number of hydrogen-bond donors (Lipinski definition) is 1. The summed E-state index contributed by atoms with van der Waals surface area (Å²) in [4.78, 5) is 13.3. The maximum atomic E-state index is 13.3. The molecule has 34 heavy (non-hydrogen) atoms. The van der Waals surface area contributed by atoms with Crippen molar-refractivity contribution in [3.63, 3.8) is 0 Å². The first-order chi connectivity index (χ1) is 15.7. The van der Waals surface area contributed by atoms with Gasteiger partial charge in [0.25, 0.3) is 0 Å². The van der Waals surface area contributed by atoms with E-state index in [-0.39, 0.29) is 44.6 Å². The number of allylic oxidation sites excluding steroid dienone is 2. The van der Waals surface area contributed by atoms with Crippen molar-refractivity contribution in [1.82, 2.24) is 0 Å². The summed E-state index contributed by atoms with van der Waals surface area (Å²) >= 11 is 0. The van der Waals surface area contributed by atoms with Crippen molar-refractivity contribution in [1.29, 1.82) is 0 Å². The average Bonchev–Trinajstić information content (AvgIpc) is 2.72. The molecule has 0 heterocycles. The van der Waals surface area contributed by atoms with Gasteiger partial charge in [0.2, 0.25) is 0 Å². The van der Waals surface area contributed by atoms with E-state index in [9.17, 15) is 9.90 Å². The van der Waals surface area contributed by atoms with Crippen LogP contribution in [-0.4, -0.2) is 24.3 Å². The van der Waals surface area contributed by atoms with Crippen LogP contribution in [0.4, 0.5) is 0 Å². The van der Waals surface area contributed by atoms with Gasteiger partial charge in [-0.1, -0.05) is 60.1 Å². The van der Waals surface area contributed by atoms with E-state index in [1.807, 2.05) is 0 Å². The molecule has 0 radical (unpaired) electrons. The number of esters is 1. The Hall–Kier alpha value is -0.830. The third-order valence-corrected chi connectivity index (χ3v) is 12.9. The minimum absolute atomic E-state index is 0.0380. The smallest absolute Gasteiger partial charge is 0.312 e. The van der Waals surface area contributed by atoms with Gasteiger partial charge in [0.15, 0.2) is 0 Å². The van der Waals surface area contributed by atoms with E-state index in [0.29, 0.717) is 17.8 Å². The van der Waals surface area contributed by atoms with Crippen molar-refractivity contribution in [2.24, 2.45) is 50.2 Å². The number of ether oxygens (including phenoxy) is 1. The van der Waals surface area contributed by atoms with Gasteiger partial charge in [-0.25, -0.2) is 0 Å². The highest BCUT2D eigenvalue weighted by Gasteiger charge is 2.69. The van der Waals surface area contributed by atoms with Crippen LogP contribution in [0.5, 0.6) is 0 Å². The van der Waals surface area contributed by atoms with Crippen LogP contribution in [0.1, 0.15) is 113 Å². The van der Waals surface area contributed by atoms with E-state index >= 15 is 0 Å². The number of carbonyl (C=O) groups is 1. The van der Waals surface area contributed by atoms with Gasteiger partial charge in [-0.05, 0) is 109 Å². The molecule has 0 bridgehead atoms. The second-order valence-electron chi connectivity index (χ2n) is 15.4. The molecule has 0 aromatic rings. The van der Waals surface area contributed by atoms with Crippen LogP contribution in [0.3, 0.4) is 0 Å². The molecule has 4 saturated carbocycles. The molecule has 0 aliphatic heterocycles. The number of fused-ring (bicyclic) bond motifs is 7. The van der Waals surface area contributed by atoms with Crippen molar-refractivity contribution in [3.8, 4) is 0 Å². The molecule has 0 spiro atoms. The van der Waals surface area contributed by atoms with Gasteiger partial charge in [-0.15, -0.1) is 0 Å². The summed E-state index contributed by atoms with van der Waals surface area (Å²) in [5.41, 5.74) is 2.21. The van der Waals surface area contributed by atoms with Crippen LogP contribution >= 0.6 is 0 Å². The molecule has 0 saturated heterocycles. The lowest BCUT2D eigenvalue weighted by atomic mass is 9.33.